The summed E-state index contributed by atoms with van der Waals surface area (Å²) in [5.74, 6) is 1.53. The van der Waals surface area contributed by atoms with Crippen molar-refractivity contribution >= 4 is 5.91 Å². The topological polar surface area (TPSA) is 76.6 Å². The number of aromatic nitrogens is 3. The second kappa shape index (κ2) is 7.44. The zero-order valence-electron chi connectivity index (χ0n) is 16.1. The van der Waals surface area contributed by atoms with E-state index in [1.807, 2.05) is 29.4 Å². The molecule has 146 valence electrons. The van der Waals surface area contributed by atoms with E-state index in [-0.39, 0.29) is 11.5 Å². The van der Waals surface area contributed by atoms with Crippen LogP contribution in [0, 0.1) is 13.8 Å². The van der Waals surface area contributed by atoms with Gasteiger partial charge in [-0.3, -0.25) is 4.79 Å². The third-order valence-electron chi connectivity index (χ3n) is 5.72. The lowest BCUT2D eigenvalue weighted by atomic mass is 9.89. The van der Waals surface area contributed by atoms with Gasteiger partial charge in [0.15, 0.2) is 0 Å². The van der Waals surface area contributed by atoms with Crippen molar-refractivity contribution < 1.29 is 13.9 Å². The van der Waals surface area contributed by atoms with Crippen molar-refractivity contribution in [2.24, 2.45) is 0 Å². The van der Waals surface area contributed by atoms with Gasteiger partial charge in [-0.25, -0.2) is 0 Å². The largest absolute Gasteiger partial charge is 0.466 e. The predicted molar refractivity (Wildman–Crippen MR) is 98.5 cm³/mol. The van der Waals surface area contributed by atoms with Crippen molar-refractivity contribution in [3.05, 3.63) is 35.8 Å². The Morgan fingerprint density at radius 3 is 2.56 bits per heavy atom. The molecule has 27 heavy (non-hydrogen) atoms. The Morgan fingerprint density at radius 2 is 1.89 bits per heavy atom. The summed E-state index contributed by atoms with van der Waals surface area (Å²) in [6, 6.07) is 1.84. The summed E-state index contributed by atoms with van der Waals surface area (Å²) >= 11 is 0. The van der Waals surface area contributed by atoms with Gasteiger partial charge in [-0.15, -0.1) is 10.2 Å². The number of carbonyl (C=O) groups excluding carboxylic acids is 1. The highest BCUT2D eigenvalue weighted by Gasteiger charge is 2.41. The maximum absolute atomic E-state index is 12.9. The molecule has 2 aromatic rings. The fourth-order valence-electron chi connectivity index (χ4n) is 4.11. The van der Waals surface area contributed by atoms with Gasteiger partial charge in [0.25, 0.3) is 5.91 Å². The Bertz CT molecular complexity index is 777. The summed E-state index contributed by atoms with van der Waals surface area (Å²) in [7, 11) is 0. The Morgan fingerprint density at radius 1 is 1.15 bits per heavy atom. The number of hydrogen-bond donors (Lipinski definition) is 0. The van der Waals surface area contributed by atoms with Crippen molar-refractivity contribution in [1.29, 1.82) is 0 Å². The predicted octanol–water partition coefficient (Wildman–Crippen LogP) is 1.50. The normalized spacial score (nSPS) is 20.3. The monoisotopic (exact) mass is 373 g/mol. The first-order valence-corrected chi connectivity index (χ1v) is 9.60. The summed E-state index contributed by atoms with van der Waals surface area (Å²) in [5, 5.41) is 7.68. The molecule has 4 heterocycles. The number of carbonyl (C=O) groups is 1. The van der Waals surface area contributed by atoms with Crippen molar-refractivity contribution in [3.63, 3.8) is 0 Å². The average molecular weight is 373 g/mol. The second-order valence-electron chi connectivity index (χ2n) is 7.63. The molecule has 0 N–H and O–H groups in total. The molecule has 0 radical (unpaired) electrons. The molecular formula is C19H27N5O3. The lowest BCUT2D eigenvalue weighted by Gasteiger charge is -2.47. The quantitative estimate of drug-likeness (QED) is 0.808. The van der Waals surface area contributed by atoms with E-state index in [1.165, 1.54) is 0 Å². The lowest BCUT2D eigenvalue weighted by molar-refractivity contribution is -0.127. The first-order chi connectivity index (χ1) is 13.0. The Kier molecular flexibility index (Phi) is 5.01. The van der Waals surface area contributed by atoms with Crippen LogP contribution >= 0.6 is 0 Å². The van der Waals surface area contributed by atoms with Crippen LogP contribution < -0.4 is 0 Å². The highest BCUT2D eigenvalue weighted by atomic mass is 16.5. The number of piperidine rings is 1. The van der Waals surface area contributed by atoms with E-state index in [0.717, 1.165) is 44.8 Å². The molecule has 2 saturated heterocycles. The SMILES string of the molecule is Cc1cc(C(=O)N2CCOC3(CCN(CCn4cnnc4)CC3)C2)c(C)o1. The Hall–Kier alpha value is -2.19. The number of aryl methyl sites for hydroxylation is 2. The van der Waals surface area contributed by atoms with Gasteiger partial charge in [0.2, 0.25) is 0 Å². The molecule has 2 aliphatic rings. The van der Waals surface area contributed by atoms with Crippen LogP contribution in [0.25, 0.3) is 0 Å². The van der Waals surface area contributed by atoms with Crippen LogP contribution in [-0.4, -0.2) is 75.4 Å². The highest BCUT2D eigenvalue weighted by Crippen LogP contribution is 2.31. The number of furan rings is 1. The summed E-state index contributed by atoms with van der Waals surface area (Å²) in [6.07, 6.45) is 5.39. The van der Waals surface area contributed by atoms with E-state index >= 15 is 0 Å². The maximum Gasteiger partial charge on any atom is 0.257 e. The average Bonchev–Trinajstić information content (AvgIpc) is 3.30. The number of rotatable bonds is 4. The number of nitrogens with zero attached hydrogens (tertiary/aromatic N) is 5. The molecule has 8 nitrogen and oxygen atoms in total. The van der Waals surface area contributed by atoms with Crippen LogP contribution in [0.2, 0.25) is 0 Å². The van der Waals surface area contributed by atoms with E-state index in [1.54, 1.807) is 12.7 Å². The third kappa shape index (κ3) is 3.91. The fraction of sp³-hybridized carbons (Fsp3) is 0.632. The minimum atomic E-state index is -0.215. The number of likely N-dealkylation sites (tertiary alicyclic amines) is 1. The molecular weight excluding hydrogens is 346 g/mol. The molecule has 0 aliphatic carbocycles. The number of amides is 1. The molecule has 1 spiro atoms. The van der Waals surface area contributed by atoms with Gasteiger partial charge in [-0.1, -0.05) is 0 Å². The molecule has 4 rings (SSSR count). The second-order valence-corrected chi connectivity index (χ2v) is 7.63. The first-order valence-electron chi connectivity index (χ1n) is 9.60. The Balaban J connectivity index is 1.34. The summed E-state index contributed by atoms with van der Waals surface area (Å²) in [4.78, 5) is 17.3. The molecule has 0 saturated carbocycles. The van der Waals surface area contributed by atoms with Gasteiger partial charge in [0, 0.05) is 32.7 Å². The van der Waals surface area contributed by atoms with E-state index in [9.17, 15) is 4.79 Å². The van der Waals surface area contributed by atoms with E-state index in [4.69, 9.17) is 9.15 Å². The van der Waals surface area contributed by atoms with Crippen LogP contribution in [-0.2, 0) is 11.3 Å². The van der Waals surface area contributed by atoms with E-state index in [0.29, 0.717) is 31.0 Å². The van der Waals surface area contributed by atoms with Crippen molar-refractivity contribution in [1.82, 2.24) is 24.6 Å². The molecule has 2 aliphatic heterocycles. The third-order valence-corrected chi connectivity index (χ3v) is 5.72. The summed E-state index contributed by atoms with van der Waals surface area (Å²) in [5.41, 5.74) is 0.462. The van der Waals surface area contributed by atoms with Gasteiger partial charge >= 0.3 is 0 Å². The zero-order valence-corrected chi connectivity index (χ0v) is 16.1. The minimum Gasteiger partial charge on any atom is -0.466 e. The van der Waals surface area contributed by atoms with Crippen molar-refractivity contribution in [2.75, 3.05) is 39.3 Å². The van der Waals surface area contributed by atoms with E-state index in [2.05, 4.69) is 15.1 Å². The molecule has 0 bridgehead atoms. The molecule has 0 unspecified atom stereocenters. The summed E-state index contributed by atoms with van der Waals surface area (Å²) in [6.45, 7) is 9.46. The van der Waals surface area contributed by atoms with Gasteiger partial charge < -0.3 is 23.5 Å². The van der Waals surface area contributed by atoms with Gasteiger partial charge in [-0.2, -0.15) is 0 Å². The van der Waals surface area contributed by atoms with Crippen molar-refractivity contribution in [2.45, 2.75) is 38.8 Å². The Labute approximate surface area is 159 Å². The number of hydrogen-bond acceptors (Lipinski definition) is 6. The molecule has 2 aromatic heterocycles. The van der Waals surface area contributed by atoms with Crippen LogP contribution in [0.5, 0.6) is 0 Å². The maximum atomic E-state index is 12.9. The van der Waals surface area contributed by atoms with Gasteiger partial charge in [0.1, 0.15) is 24.2 Å². The number of ether oxygens (including phenoxy) is 1. The smallest absolute Gasteiger partial charge is 0.257 e. The molecule has 2 fully saturated rings. The molecule has 0 aromatic carbocycles. The minimum absolute atomic E-state index is 0.0575. The van der Waals surface area contributed by atoms with Gasteiger partial charge in [-0.05, 0) is 32.8 Å². The van der Waals surface area contributed by atoms with Crippen LogP contribution in [0.15, 0.2) is 23.1 Å². The number of morpholine rings is 1. The standard InChI is InChI=1S/C19H27N5O3/c1-15-11-17(16(2)27-15)18(25)24-9-10-26-19(12-24)3-5-22(6-4-19)7-8-23-13-20-21-14-23/h11,13-14H,3-10,12H2,1-2H3. The lowest BCUT2D eigenvalue weighted by Crippen LogP contribution is -2.58. The van der Waals surface area contributed by atoms with Crippen molar-refractivity contribution in [3.8, 4) is 0 Å². The zero-order chi connectivity index (χ0) is 18.9. The van der Waals surface area contributed by atoms with Gasteiger partial charge in [0.05, 0.1) is 24.3 Å². The molecule has 8 heteroatoms. The highest BCUT2D eigenvalue weighted by molar-refractivity contribution is 5.95. The molecule has 1 amide bonds. The summed E-state index contributed by atoms with van der Waals surface area (Å²) < 4.78 is 13.7. The molecule has 0 atom stereocenters. The van der Waals surface area contributed by atoms with Crippen LogP contribution in [0.1, 0.15) is 34.7 Å². The fourth-order valence-corrected chi connectivity index (χ4v) is 4.11. The van der Waals surface area contributed by atoms with E-state index < -0.39 is 0 Å². The first kappa shape index (κ1) is 18.2. The van der Waals surface area contributed by atoms with Crippen LogP contribution in [0.3, 0.4) is 0 Å². The van der Waals surface area contributed by atoms with Crippen LogP contribution in [0.4, 0.5) is 0 Å².